The van der Waals surface area contributed by atoms with Crippen LogP contribution in [0.25, 0.3) is 22.5 Å². The Morgan fingerprint density at radius 2 is 1.00 bits per heavy atom. The molecule has 0 saturated heterocycles. The highest BCUT2D eigenvalue weighted by Gasteiger charge is 2.04. The Labute approximate surface area is 133 Å². The Morgan fingerprint density at radius 3 is 1.36 bits per heavy atom. The molecule has 114 valence electrons. The number of benzene rings is 2. The smallest absolute Gasteiger partial charge is 0.129 e. The summed E-state index contributed by atoms with van der Waals surface area (Å²) >= 11 is 0. The minimum atomic E-state index is -0.138. The van der Waals surface area contributed by atoms with Crippen molar-refractivity contribution in [3.8, 4) is 11.1 Å². The van der Waals surface area contributed by atoms with E-state index < -0.39 is 0 Å². The first-order chi connectivity index (χ1) is 10.4. The fourth-order valence-corrected chi connectivity index (χ4v) is 2.30. The minimum absolute atomic E-state index is 0.138. The van der Waals surface area contributed by atoms with Crippen LogP contribution >= 0.6 is 0 Å². The topological polar surface area (TPSA) is 0 Å². The maximum atomic E-state index is 13.9. The minimum Gasteiger partial charge on any atom is -0.206 e. The van der Waals surface area contributed by atoms with E-state index in [1.807, 2.05) is 24.3 Å². The van der Waals surface area contributed by atoms with Crippen LogP contribution in [0, 0.1) is 0 Å². The van der Waals surface area contributed by atoms with Gasteiger partial charge in [0.15, 0.2) is 0 Å². The molecule has 0 bridgehead atoms. The van der Waals surface area contributed by atoms with E-state index in [0.717, 1.165) is 11.1 Å². The fourth-order valence-electron chi connectivity index (χ4n) is 2.30. The quantitative estimate of drug-likeness (QED) is 0.578. The summed E-state index contributed by atoms with van der Waals surface area (Å²) in [5.41, 5.74) is 7.48. The largest absolute Gasteiger partial charge is 0.206 e. The van der Waals surface area contributed by atoms with Crippen LogP contribution in [0.3, 0.4) is 0 Å². The lowest BCUT2D eigenvalue weighted by molar-refractivity contribution is 0.750. The van der Waals surface area contributed by atoms with Gasteiger partial charge in [-0.05, 0) is 62.5 Å². The molecule has 0 amide bonds. The predicted molar refractivity (Wildman–Crippen MR) is 95.2 cm³/mol. The molecule has 0 aliphatic rings. The lowest BCUT2D eigenvalue weighted by Crippen LogP contribution is -1.85. The molecule has 0 aromatic heterocycles. The molecule has 0 aliphatic carbocycles. The van der Waals surface area contributed by atoms with E-state index in [-0.39, 0.29) is 5.83 Å². The normalized spacial score (nSPS) is 10.3. The molecule has 0 spiro atoms. The van der Waals surface area contributed by atoms with Crippen LogP contribution in [0.15, 0.2) is 59.7 Å². The first kappa shape index (κ1) is 16.2. The Balaban J connectivity index is 2.30. The summed E-state index contributed by atoms with van der Waals surface area (Å²) in [5, 5.41) is 0. The van der Waals surface area contributed by atoms with Gasteiger partial charge in [-0.2, -0.15) is 0 Å². The third-order valence-corrected chi connectivity index (χ3v) is 3.98. The molecule has 0 saturated carbocycles. The van der Waals surface area contributed by atoms with Crippen molar-refractivity contribution >= 4 is 11.4 Å². The van der Waals surface area contributed by atoms with Crippen molar-refractivity contribution in [2.75, 3.05) is 0 Å². The molecule has 0 fully saturated rings. The average molecular weight is 294 g/mol. The molecule has 0 N–H and O–H groups in total. The van der Waals surface area contributed by atoms with Gasteiger partial charge in [-0.25, -0.2) is 4.39 Å². The first-order valence-corrected chi connectivity index (χ1v) is 7.58. The van der Waals surface area contributed by atoms with Gasteiger partial charge in [0.05, 0.1) is 0 Å². The van der Waals surface area contributed by atoms with Crippen LogP contribution < -0.4 is 0 Å². The molecule has 22 heavy (non-hydrogen) atoms. The van der Waals surface area contributed by atoms with E-state index in [2.05, 4.69) is 45.0 Å². The van der Waals surface area contributed by atoms with Crippen molar-refractivity contribution in [2.24, 2.45) is 0 Å². The van der Waals surface area contributed by atoms with Gasteiger partial charge in [-0.3, -0.25) is 0 Å². The van der Waals surface area contributed by atoms with Crippen molar-refractivity contribution in [1.29, 1.82) is 0 Å². The standard InChI is InChI=1S/C21H23F/c1-14(2)16(5)17-6-8-18(9-7-17)19-10-12-20(13-11-19)21(22)15(3)4/h6-13H,1-5H3. The Hall–Kier alpha value is -2.15. The van der Waals surface area contributed by atoms with Gasteiger partial charge in [-0.1, -0.05) is 54.1 Å². The fraction of sp³-hybridized carbons (Fsp3) is 0.238. The molecular formula is C21H23F. The van der Waals surface area contributed by atoms with Crippen molar-refractivity contribution in [2.45, 2.75) is 34.6 Å². The highest BCUT2D eigenvalue weighted by atomic mass is 19.1. The molecule has 0 radical (unpaired) electrons. The molecule has 1 heteroatoms. The number of hydrogen-bond donors (Lipinski definition) is 0. The zero-order chi connectivity index (χ0) is 16.3. The maximum absolute atomic E-state index is 13.9. The van der Waals surface area contributed by atoms with Gasteiger partial charge in [0.1, 0.15) is 5.83 Å². The van der Waals surface area contributed by atoms with Crippen LogP contribution in [-0.4, -0.2) is 0 Å². The average Bonchev–Trinajstić information content (AvgIpc) is 2.53. The zero-order valence-electron chi connectivity index (χ0n) is 14.0. The van der Waals surface area contributed by atoms with Crippen molar-refractivity contribution in [3.05, 3.63) is 70.8 Å². The Bertz CT molecular complexity index is 640. The number of allylic oxidation sites excluding steroid dienone is 3. The molecule has 2 aromatic rings. The Morgan fingerprint density at radius 1 is 0.591 bits per heavy atom. The van der Waals surface area contributed by atoms with Crippen LogP contribution in [0.2, 0.25) is 0 Å². The zero-order valence-corrected chi connectivity index (χ0v) is 14.0. The highest BCUT2D eigenvalue weighted by Crippen LogP contribution is 2.26. The maximum Gasteiger partial charge on any atom is 0.129 e. The van der Waals surface area contributed by atoms with E-state index in [9.17, 15) is 4.39 Å². The summed E-state index contributed by atoms with van der Waals surface area (Å²) in [6, 6.07) is 16.1. The molecule has 0 heterocycles. The summed E-state index contributed by atoms with van der Waals surface area (Å²) in [6.45, 7) is 9.96. The van der Waals surface area contributed by atoms with Gasteiger partial charge in [0, 0.05) is 5.56 Å². The lowest BCUT2D eigenvalue weighted by Gasteiger charge is -2.08. The second-order valence-electron chi connectivity index (χ2n) is 6.09. The van der Waals surface area contributed by atoms with E-state index in [1.165, 1.54) is 16.7 Å². The Kier molecular flexibility index (Phi) is 4.97. The van der Waals surface area contributed by atoms with E-state index in [1.54, 1.807) is 13.8 Å². The monoisotopic (exact) mass is 294 g/mol. The van der Waals surface area contributed by atoms with Gasteiger partial charge in [0.2, 0.25) is 0 Å². The highest BCUT2D eigenvalue weighted by molar-refractivity contribution is 5.72. The summed E-state index contributed by atoms with van der Waals surface area (Å²) in [6.07, 6.45) is 0. The van der Waals surface area contributed by atoms with Crippen LogP contribution in [0.1, 0.15) is 45.7 Å². The van der Waals surface area contributed by atoms with E-state index in [4.69, 9.17) is 0 Å². The van der Waals surface area contributed by atoms with E-state index >= 15 is 0 Å². The van der Waals surface area contributed by atoms with Gasteiger partial charge in [-0.15, -0.1) is 0 Å². The molecule has 2 rings (SSSR count). The summed E-state index contributed by atoms with van der Waals surface area (Å²) in [4.78, 5) is 0. The first-order valence-electron chi connectivity index (χ1n) is 7.58. The summed E-state index contributed by atoms with van der Waals surface area (Å²) in [5.74, 6) is -0.138. The third kappa shape index (κ3) is 3.54. The molecule has 0 atom stereocenters. The number of halogens is 1. The van der Waals surface area contributed by atoms with Crippen molar-refractivity contribution in [3.63, 3.8) is 0 Å². The van der Waals surface area contributed by atoms with Gasteiger partial charge >= 0.3 is 0 Å². The molecule has 2 aromatic carbocycles. The number of hydrogen-bond acceptors (Lipinski definition) is 0. The van der Waals surface area contributed by atoms with Crippen molar-refractivity contribution in [1.82, 2.24) is 0 Å². The van der Waals surface area contributed by atoms with Gasteiger partial charge in [0.25, 0.3) is 0 Å². The third-order valence-electron chi connectivity index (χ3n) is 3.98. The van der Waals surface area contributed by atoms with Crippen LogP contribution in [0.4, 0.5) is 4.39 Å². The number of rotatable bonds is 3. The van der Waals surface area contributed by atoms with Gasteiger partial charge < -0.3 is 0 Å². The second-order valence-corrected chi connectivity index (χ2v) is 6.09. The second kappa shape index (κ2) is 6.74. The van der Waals surface area contributed by atoms with Crippen molar-refractivity contribution < 1.29 is 4.39 Å². The molecule has 0 aliphatic heterocycles. The molecule has 0 nitrogen and oxygen atoms in total. The lowest BCUT2D eigenvalue weighted by atomic mass is 9.98. The summed E-state index contributed by atoms with van der Waals surface area (Å²) < 4.78 is 13.9. The SMILES string of the molecule is CC(C)=C(C)c1ccc(-c2ccc(C(F)=C(C)C)cc2)cc1. The summed E-state index contributed by atoms with van der Waals surface area (Å²) in [7, 11) is 0. The van der Waals surface area contributed by atoms with Crippen LogP contribution in [0.5, 0.6) is 0 Å². The predicted octanol–water partition coefficient (Wildman–Crippen LogP) is 6.89. The molecule has 0 unspecified atom stereocenters. The van der Waals surface area contributed by atoms with E-state index in [0.29, 0.717) is 11.1 Å². The van der Waals surface area contributed by atoms with Crippen LogP contribution in [-0.2, 0) is 0 Å². The molecular weight excluding hydrogens is 271 g/mol.